The number of allylic oxidation sites excluding steroid dienone is 3. The molecule has 6 heteroatoms. The molecule has 0 saturated heterocycles. The Labute approximate surface area is 187 Å². The first-order chi connectivity index (χ1) is 18.6. The number of benzene rings is 2. The molecule has 0 aliphatic heterocycles. The molecule has 0 bridgehead atoms. The Kier molecular flexibility index (Phi) is 3.73. The molecular formula is C23H24O6. The molecule has 1 N–H and O–H groups in total. The summed E-state index contributed by atoms with van der Waals surface area (Å²) in [5, 5.41) is 10.1. The largest absolute Gasteiger partial charge is 0.508 e. The quantitative estimate of drug-likeness (QED) is 0.375. The first-order valence-electron chi connectivity index (χ1n) is 13.9. The summed E-state index contributed by atoms with van der Waals surface area (Å²) in [6.07, 6.45) is 5.52. The number of methoxy groups -OCH3 is 4. The van der Waals surface area contributed by atoms with Gasteiger partial charge in [0, 0.05) is 6.08 Å². The highest BCUT2D eigenvalue weighted by atomic mass is 16.5. The number of aliphatic hydroxyl groups excluding tert-OH is 1. The zero-order valence-corrected chi connectivity index (χ0v) is 14.8. The summed E-state index contributed by atoms with van der Waals surface area (Å²) in [5.41, 5.74) is 0.520. The van der Waals surface area contributed by atoms with E-state index in [2.05, 4.69) is 0 Å². The topological polar surface area (TPSA) is 74.2 Å². The van der Waals surface area contributed by atoms with E-state index in [0.717, 1.165) is 36.4 Å². The molecule has 2 aromatic rings. The van der Waals surface area contributed by atoms with Gasteiger partial charge in [0.05, 0.1) is 44.6 Å². The number of ketones is 1. The predicted octanol–water partition coefficient (Wildman–Crippen LogP) is 4.46. The maximum absolute atomic E-state index is 12.3. The molecule has 6 nitrogen and oxygen atoms in total. The highest BCUT2D eigenvalue weighted by molar-refractivity contribution is 6.02. The van der Waals surface area contributed by atoms with Crippen LogP contribution >= 0.6 is 0 Å². The number of carbonyl (C=O) groups excluding carboxylic acids is 1. The fraction of sp³-hybridized carbons (Fsp3) is 0.174. The molecule has 2 aromatic carbocycles. The van der Waals surface area contributed by atoms with Crippen LogP contribution in [0.3, 0.4) is 0 Å². The van der Waals surface area contributed by atoms with Crippen molar-refractivity contribution in [1.82, 2.24) is 0 Å². The molecular weight excluding hydrogens is 372 g/mol. The fourth-order valence-corrected chi connectivity index (χ4v) is 2.19. The van der Waals surface area contributed by atoms with Gasteiger partial charge in [0.25, 0.3) is 0 Å². The summed E-state index contributed by atoms with van der Waals surface area (Å²) < 4.78 is 106. The third-order valence-corrected chi connectivity index (χ3v) is 3.55. The van der Waals surface area contributed by atoms with Crippen molar-refractivity contribution >= 4 is 17.9 Å². The van der Waals surface area contributed by atoms with E-state index in [0.29, 0.717) is 0 Å². The number of carbonyl (C=O) groups is 1. The average Bonchev–Trinajstić information content (AvgIpc) is 2.75. The fourth-order valence-electron chi connectivity index (χ4n) is 2.19. The Hall–Kier alpha value is -3.67. The zero-order valence-electron chi connectivity index (χ0n) is 26.8. The zero-order chi connectivity index (χ0) is 31.2. The van der Waals surface area contributed by atoms with Crippen molar-refractivity contribution in [2.75, 3.05) is 28.2 Å². The van der Waals surface area contributed by atoms with E-state index in [-0.39, 0.29) is 28.4 Å². The van der Waals surface area contributed by atoms with E-state index in [1.165, 1.54) is 30.4 Å². The maximum atomic E-state index is 12.3. The molecule has 0 unspecified atom stereocenters. The third kappa shape index (κ3) is 6.17. The minimum Gasteiger partial charge on any atom is -0.508 e. The minimum absolute atomic E-state index is 0.250. The number of rotatable bonds is 9. The Morgan fingerprint density at radius 3 is 1.79 bits per heavy atom. The second kappa shape index (κ2) is 10.6. The van der Waals surface area contributed by atoms with Gasteiger partial charge in [-0.05, 0) is 47.5 Å². The van der Waals surface area contributed by atoms with Gasteiger partial charge in [0.15, 0.2) is 28.8 Å². The molecule has 29 heavy (non-hydrogen) atoms. The first kappa shape index (κ1) is 10.2. The molecule has 0 radical (unpaired) electrons. The van der Waals surface area contributed by atoms with Crippen molar-refractivity contribution in [3.05, 3.63) is 71.5 Å². The number of aliphatic hydroxyl groups is 1. The van der Waals surface area contributed by atoms with Crippen LogP contribution in [-0.4, -0.2) is 39.0 Å². The van der Waals surface area contributed by atoms with Crippen molar-refractivity contribution in [2.45, 2.75) is 0 Å². The molecule has 0 fully saturated rings. The van der Waals surface area contributed by atoms with Crippen molar-refractivity contribution in [1.29, 1.82) is 0 Å². The standard InChI is InChI=1S/C23H24O6/c1-26-20-11-7-16(13-22(20)28-3)5-9-18(24)15-19(25)10-6-17-8-12-21(27-2)23(14-17)29-4/h5-15,24H,1-4H3/b9-5+,10-6+,18-15-/i1D3,2D3,3D3,4D3. The molecule has 0 aromatic heterocycles. The van der Waals surface area contributed by atoms with Crippen molar-refractivity contribution in [2.24, 2.45) is 0 Å². The highest BCUT2D eigenvalue weighted by Gasteiger charge is 2.04. The van der Waals surface area contributed by atoms with Crippen LogP contribution in [0, 0.1) is 0 Å². The lowest BCUT2D eigenvalue weighted by atomic mass is 10.1. The summed E-state index contributed by atoms with van der Waals surface area (Å²) in [6, 6.07) is 7.35. The van der Waals surface area contributed by atoms with Gasteiger partial charge in [-0.25, -0.2) is 0 Å². The second-order valence-corrected chi connectivity index (χ2v) is 5.46. The highest BCUT2D eigenvalue weighted by Crippen LogP contribution is 2.29. The average molecular weight is 409 g/mol. The van der Waals surface area contributed by atoms with Gasteiger partial charge in [-0.3, -0.25) is 4.79 Å². The van der Waals surface area contributed by atoms with Gasteiger partial charge in [-0.1, -0.05) is 24.3 Å². The van der Waals surface area contributed by atoms with E-state index in [1.807, 2.05) is 0 Å². The van der Waals surface area contributed by atoms with E-state index in [4.69, 9.17) is 35.4 Å². The van der Waals surface area contributed by atoms with Crippen LogP contribution in [0.2, 0.25) is 0 Å². The van der Waals surface area contributed by atoms with Crippen molar-refractivity contribution in [3.63, 3.8) is 0 Å². The third-order valence-electron chi connectivity index (χ3n) is 3.55. The summed E-state index contributed by atoms with van der Waals surface area (Å²) in [7, 11) is -11.5. The number of hydrogen-bond donors (Lipinski definition) is 1. The van der Waals surface area contributed by atoms with Crippen LogP contribution < -0.4 is 18.9 Å². The van der Waals surface area contributed by atoms with Crippen LogP contribution in [0.4, 0.5) is 0 Å². The van der Waals surface area contributed by atoms with Gasteiger partial charge in [0.2, 0.25) is 0 Å². The molecule has 0 aliphatic rings. The van der Waals surface area contributed by atoms with Gasteiger partial charge in [-0.15, -0.1) is 0 Å². The van der Waals surface area contributed by atoms with Crippen LogP contribution in [-0.2, 0) is 4.79 Å². The lowest BCUT2D eigenvalue weighted by Gasteiger charge is -2.07. The van der Waals surface area contributed by atoms with Crippen molar-refractivity contribution < 1.29 is 45.3 Å². The molecule has 2 rings (SSSR count). The predicted molar refractivity (Wildman–Crippen MR) is 113 cm³/mol. The smallest absolute Gasteiger partial charge is 0.182 e. The molecule has 0 saturated carbocycles. The van der Waals surface area contributed by atoms with Gasteiger partial charge < -0.3 is 24.1 Å². The Balaban J connectivity index is 2.21. The Morgan fingerprint density at radius 2 is 1.28 bits per heavy atom. The lowest BCUT2D eigenvalue weighted by molar-refractivity contribution is -0.110. The molecule has 0 amide bonds. The summed E-state index contributed by atoms with van der Waals surface area (Å²) in [6.45, 7) is 0. The molecule has 0 atom stereocenters. The van der Waals surface area contributed by atoms with E-state index in [9.17, 15) is 9.90 Å². The summed E-state index contributed by atoms with van der Waals surface area (Å²) >= 11 is 0. The van der Waals surface area contributed by atoms with Crippen LogP contribution in [0.1, 0.15) is 27.6 Å². The normalized spacial score (nSPS) is 19.5. The summed E-state index contributed by atoms with van der Waals surface area (Å²) in [4.78, 5) is 12.3. The van der Waals surface area contributed by atoms with Gasteiger partial charge in [0.1, 0.15) is 5.76 Å². The number of hydrogen-bond acceptors (Lipinski definition) is 6. The second-order valence-electron chi connectivity index (χ2n) is 5.46. The van der Waals surface area contributed by atoms with E-state index >= 15 is 0 Å². The van der Waals surface area contributed by atoms with Gasteiger partial charge in [-0.2, -0.15) is 0 Å². The van der Waals surface area contributed by atoms with Crippen molar-refractivity contribution in [3.8, 4) is 23.0 Å². The maximum Gasteiger partial charge on any atom is 0.182 e. The van der Waals surface area contributed by atoms with E-state index in [1.54, 1.807) is 0 Å². The van der Waals surface area contributed by atoms with Crippen LogP contribution in [0.15, 0.2) is 60.4 Å². The molecule has 0 aliphatic carbocycles. The minimum atomic E-state index is -2.91. The van der Waals surface area contributed by atoms with Crippen LogP contribution in [0.5, 0.6) is 23.0 Å². The Morgan fingerprint density at radius 1 is 0.793 bits per heavy atom. The monoisotopic (exact) mass is 408 g/mol. The molecule has 0 heterocycles. The van der Waals surface area contributed by atoms with E-state index < -0.39 is 45.4 Å². The SMILES string of the molecule is [2H]C([2H])([2H])Oc1ccc(/C=C/C(=O)/C=C(O)/C=C/c2ccc(OC([2H])([2H])[2H])c(OC([2H])([2H])[2H])c2)cc1OC([2H])([2H])[2H]. The van der Waals surface area contributed by atoms with Crippen LogP contribution in [0.25, 0.3) is 12.2 Å². The Bertz CT molecular complexity index is 1320. The first-order valence-corrected chi connectivity index (χ1v) is 7.94. The molecule has 152 valence electrons. The number of ether oxygens (including phenoxy) is 4. The summed E-state index contributed by atoms with van der Waals surface area (Å²) in [5.74, 6) is -2.67. The molecule has 0 spiro atoms. The van der Waals surface area contributed by atoms with Gasteiger partial charge >= 0.3 is 0 Å². The lowest BCUT2D eigenvalue weighted by Crippen LogP contribution is -1.91.